The Morgan fingerprint density at radius 2 is 2.03 bits per heavy atom. The highest BCUT2D eigenvalue weighted by Gasteiger charge is 2.31. The highest BCUT2D eigenvalue weighted by molar-refractivity contribution is 7.80. The number of hydrazone groups is 1. The minimum absolute atomic E-state index is 0.00476. The third-order valence-corrected chi connectivity index (χ3v) is 3.92. The molecule has 0 aromatic heterocycles. The summed E-state index contributed by atoms with van der Waals surface area (Å²) in [4.78, 5) is 0. The lowest BCUT2D eigenvalue weighted by atomic mass is 10.2. The number of thiocarbonyl (C=S) groups is 1. The van der Waals surface area contributed by atoms with Crippen molar-refractivity contribution < 1.29 is 22.6 Å². The van der Waals surface area contributed by atoms with Crippen molar-refractivity contribution in [2.75, 3.05) is 19.0 Å². The van der Waals surface area contributed by atoms with Crippen molar-refractivity contribution in [2.24, 2.45) is 5.10 Å². The van der Waals surface area contributed by atoms with Crippen LogP contribution >= 0.6 is 23.8 Å². The molecule has 2 aromatic carbocycles. The predicted octanol–water partition coefficient (Wildman–Crippen LogP) is 4.59. The van der Waals surface area contributed by atoms with Crippen LogP contribution in [0.1, 0.15) is 11.1 Å². The normalized spacial score (nSPS) is 11.0. The summed E-state index contributed by atoms with van der Waals surface area (Å²) in [6.45, 7) is -0.122. The molecule has 2 N–H and O–H groups in total. The number of alkyl halides is 3. The molecular weight excluding hydrogens is 429 g/mol. The van der Waals surface area contributed by atoms with E-state index < -0.39 is 11.7 Å². The molecule has 0 radical (unpaired) electrons. The number of anilines is 1. The highest BCUT2D eigenvalue weighted by atomic mass is 35.5. The standard InChI is InChI=1S/C18H14ClF3N4O2S/c1-27-16-8-11(2-5-15(16)28-7-6-23)10-24-26-17(29)25-14-9-12(18(20,21)22)3-4-13(14)19/h2-5,8-10H,7H2,1H3,(H2,25,26,29)/b24-10+. The molecule has 0 saturated carbocycles. The zero-order chi connectivity index (χ0) is 21.4. The predicted molar refractivity (Wildman–Crippen MR) is 108 cm³/mol. The smallest absolute Gasteiger partial charge is 0.416 e. The SMILES string of the molecule is COc1cc(/C=N/NC(=S)Nc2cc(C(F)(F)F)ccc2Cl)ccc1OCC#N. The summed E-state index contributed by atoms with van der Waals surface area (Å²) >= 11 is 10.9. The molecule has 2 rings (SSSR count). The lowest BCUT2D eigenvalue weighted by Crippen LogP contribution is -2.24. The van der Waals surface area contributed by atoms with Crippen LogP contribution in [-0.4, -0.2) is 25.0 Å². The molecule has 0 fully saturated rings. The van der Waals surface area contributed by atoms with Crippen molar-refractivity contribution in [3.05, 3.63) is 52.5 Å². The second-order valence-corrected chi connectivity index (χ2v) is 6.19. The summed E-state index contributed by atoms with van der Waals surface area (Å²) in [6, 6.07) is 9.61. The summed E-state index contributed by atoms with van der Waals surface area (Å²) in [5, 5.41) is 15.1. The van der Waals surface area contributed by atoms with E-state index in [1.54, 1.807) is 18.2 Å². The van der Waals surface area contributed by atoms with E-state index in [-0.39, 0.29) is 22.4 Å². The number of rotatable bonds is 6. The van der Waals surface area contributed by atoms with E-state index in [2.05, 4.69) is 15.8 Å². The Bertz CT molecular complexity index is 961. The van der Waals surface area contributed by atoms with Gasteiger partial charge in [0, 0.05) is 0 Å². The van der Waals surface area contributed by atoms with E-state index in [0.29, 0.717) is 17.1 Å². The van der Waals surface area contributed by atoms with Crippen LogP contribution in [0, 0.1) is 11.3 Å². The maximum Gasteiger partial charge on any atom is 0.416 e. The summed E-state index contributed by atoms with van der Waals surface area (Å²) in [5.74, 6) is 0.802. The first-order valence-electron chi connectivity index (χ1n) is 7.89. The zero-order valence-electron chi connectivity index (χ0n) is 14.9. The van der Waals surface area contributed by atoms with Crippen LogP contribution in [0.25, 0.3) is 0 Å². The van der Waals surface area contributed by atoms with Gasteiger partial charge < -0.3 is 14.8 Å². The van der Waals surface area contributed by atoms with Crippen molar-refractivity contribution in [2.45, 2.75) is 6.18 Å². The molecule has 0 heterocycles. The molecule has 29 heavy (non-hydrogen) atoms. The van der Waals surface area contributed by atoms with E-state index in [1.807, 2.05) is 6.07 Å². The second-order valence-electron chi connectivity index (χ2n) is 5.37. The Kier molecular flexibility index (Phi) is 7.64. The van der Waals surface area contributed by atoms with Crippen LogP contribution < -0.4 is 20.2 Å². The van der Waals surface area contributed by atoms with Crippen LogP contribution in [0.3, 0.4) is 0 Å². The van der Waals surface area contributed by atoms with Gasteiger partial charge in [-0.1, -0.05) is 11.6 Å². The lowest BCUT2D eigenvalue weighted by Gasteiger charge is -2.12. The molecule has 0 atom stereocenters. The number of hydrogen-bond acceptors (Lipinski definition) is 5. The molecule has 0 aliphatic carbocycles. The summed E-state index contributed by atoms with van der Waals surface area (Å²) < 4.78 is 48.8. The molecule has 0 aliphatic rings. The van der Waals surface area contributed by atoms with Gasteiger partial charge in [-0.25, -0.2) is 0 Å². The summed E-state index contributed by atoms with van der Waals surface area (Å²) in [7, 11) is 1.45. The topological polar surface area (TPSA) is 78.7 Å². The Balaban J connectivity index is 2.02. The number of halogens is 4. The number of nitriles is 1. The molecule has 0 amide bonds. The third-order valence-electron chi connectivity index (χ3n) is 3.40. The number of methoxy groups -OCH3 is 1. The van der Waals surface area contributed by atoms with E-state index in [9.17, 15) is 13.2 Å². The molecule has 2 aromatic rings. The van der Waals surface area contributed by atoms with Crippen molar-refractivity contribution in [1.82, 2.24) is 5.43 Å². The van der Waals surface area contributed by atoms with Crippen LogP contribution in [0.2, 0.25) is 5.02 Å². The van der Waals surface area contributed by atoms with E-state index in [1.165, 1.54) is 13.3 Å². The number of benzene rings is 2. The minimum Gasteiger partial charge on any atom is -0.493 e. The van der Waals surface area contributed by atoms with Crippen molar-refractivity contribution >= 4 is 40.8 Å². The first-order chi connectivity index (χ1) is 13.7. The van der Waals surface area contributed by atoms with Gasteiger partial charge in [0.05, 0.1) is 29.6 Å². The Hall–Kier alpha value is -3.03. The maximum absolute atomic E-state index is 12.8. The van der Waals surface area contributed by atoms with Crippen molar-refractivity contribution in [1.29, 1.82) is 5.26 Å². The third kappa shape index (κ3) is 6.51. The van der Waals surface area contributed by atoms with E-state index in [4.69, 9.17) is 38.6 Å². The first kappa shape index (κ1) is 22.3. The average molecular weight is 443 g/mol. The number of nitrogens with zero attached hydrogens (tertiary/aromatic N) is 2. The van der Waals surface area contributed by atoms with Crippen LogP contribution in [-0.2, 0) is 6.18 Å². The maximum atomic E-state index is 12.8. The zero-order valence-corrected chi connectivity index (χ0v) is 16.5. The van der Waals surface area contributed by atoms with E-state index >= 15 is 0 Å². The molecule has 0 spiro atoms. The molecule has 6 nitrogen and oxygen atoms in total. The molecule has 0 aliphatic heterocycles. The number of nitrogens with one attached hydrogen (secondary N) is 2. The molecular formula is C18H14ClF3N4O2S. The average Bonchev–Trinajstić information content (AvgIpc) is 2.67. The van der Waals surface area contributed by atoms with Gasteiger partial charge in [0.25, 0.3) is 0 Å². The van der Waals surface area contributed by atoms with Gasteiger partial charge in [-0.15, -0.1) is 0 Å². The second kappa shape index (κ2) is 9.95. The fourth-order valence-electron chi connectivity index (χ4n) is 2.11. The Morgan fingerprint density at radius 1 is 1.28 bits per heavy atom. The van der Waals surface area contributed by atoms with Crippen molar-refractivity contribution in [3.8, 4) is 17.6 Å². The molecule has 152 valence electrons. The highest BCUT2D eigenvalue weighted by Crippen LogP contribution is 2.33. The largest absolute Gasteiger partial charge is 0.493 e. The molecule has 0 unspecified atom stereocenters. The van der Waals surface area contributed by atoms with Crippen LogP contribution in [0.5, 0.6) is 11.5 Å². The van der Waals surface area contributed by atoms with Gasteiger partial charge in [-0.05, 0) is 54.2 Å². The van der Waals surface area contributed by atoms with Gasteiger partial charge in [0.1, 0.15) is 6.07 Å². The van der Waals surface area contributed by atoms with Gasteiger partial charge in [-0.2, -0.15) is 23.5 Å². The van der Waals surface area contributed by atoms with Gasteiger partial charge >= 0.3 is 6.18 Å². The molecule has 0 bridgehead atoms. The Morgan fingerprint density at radius 3 is 2.69 bits per heavy atom. The number of ether oxygens (including phenoxy) is 2. The fraction of sp³-hybridized carbons (Fsp3) is 0.167. The number of hydrogen-bond donors (Lipinski definition) is 2. The first-order valence-corrected chi connectivity index (χ1v) is 8.68. The van der Waals surface area contributed by atoms with Crippen molar-refractivity contribution in [3.63, 3.8) is 0 Å². The van der Waals surface area contributed by atoms with Gasteiger partial charge in [0.2, 0.25) is 0 Å². The van der Waals surface area contributed by atoms with Crippen LogP contribution in [0.4, 0.5) is 18.9 Å². The van der Waals surface area contributed by atoms with Gasteiger partial charge in [0.15, 0.2) is 23.2 Å². The molecule has 0 saturated heterocycles. The van der Waals surface area contributed by atoms with Crippen LogP contribution in [0.15, 0.2) is 41.5 Å². The van der Waals surface area contributed by atoms with E-state index in [0.717, 1.165) is 18.2 Å². The Labute approximate surface area is 174 Å². The fourth-order valence-corrected chi connectivity index (χ4v) is 2.43. The molecule has 11 heteroatoms. The quantitative estimate of drug-likeness (QED) is 0.387. The lowest BCUT2D eigenvalue weighted by molar-refractivity contribution is -0.137. The van der Waals surface area contributed by atoms with Gasteiger partial charge in [-0.3, -0.25) is 5.43 Å². The summed E-state index contributed by atoms with van der Waals surface area (Å²) in [5.41, 5.74) is 2.25. The minimum atomic E-state index is -4.50. The monoisotopic (exact) mass is 442 g/mol. The summed E-state index contributed by atoms with van der Waals surface area (Å²) in [6.07, 6.45) is -3.09.